The fraction of sp³-hybridized carbons (Fsp3) is 0.462. The zero-order valence-electron chi connectivity index (χ0n) is 20.1. The predicted octanol–water partition coefficient (Wildman–Crippen LogP) is 4.53. The molecule has 5 rings (SSSR count). The van der Waals surface area contributed by atoms with Crippen LogP contribution >= 0.6 is 23.2 Å². The molecule has 194 valence electrons. The normalized spacial score (nSPS) is 21.7. The van der Waals surface area contributed by atoms with Gasteiger partial charge in [-0.3, -0.25) is 9.59 Å². The first-order valence-electron chi connectivity index (χ1n) is 12.0. The molecule has 2 amide bonds. The van der Waals surface area contributed by atoms with Gasteiger partial charge in [0.2, 0.25) is 0 Å². The van der Waals surface area contributed by atoms with Crippen molar-refractivity contribution in [2.24, 2.45) is 5.41 Å². The Labute approximate surface area is 219 Å². The smallest absolute Gasteiger partial charge is 0.263 e. The summed E-state index contributed by atoms with van der Waals surface area (Å²) in [6.07, 6.45) is 0.195. The molecule has 0 radical (unpaired) electrons. The second-order valence-electron chi connectivity index (χ2n) is 9.27. The van der Waals surface area contributed by atoms with Crippen molar-refractivity contribution in [2.45, 2.75) is 51.4 Å². The molecule has 3 aliphatic rings. The standard InChI is InChI=1S/C24H23Cl2FN2O5.C2H6/c25-13-1-4-20-16(5-13)19(30)7-21(34-20)23(32)29-11-24(12-29)8-14(9-24)28-22(31)10-33-15-2-3-17(26)18(27)6-15;1-2/h1-6,14,19,21,30H,7-12H2,(H,28,31);1-2H3. The Morgan fingerprint density at radius 1 is 1.19 bits per heavy atom. The van der Waals surface area contributed by atoms with Crippen LogP contribution in [-0.4, -0.2) is 53.7 Å². The first-order chi connectivity index (χ1) is 17.2. The largest absolute Gasteiger partial charge is 0.484 e. The van der Waals surface area contributed by atoms with Gasteiger partial charge in [-0.2, -0.15) is 0 Å². The van der Waals surface area contributed by atoms with Crippen LogP contribution in [0.2, 0.25) is 10.0 Å². The predicted molar refractivity (Wildman–Crippen MR) is 134 cm³/mol. The highest BCUT2D eigenvalue weighted by atomic mass is 35.5. The van der Waals surface area contributed by atoms with Crippen molar-refractivity contribution in [1.82, 2.24) is 10.2 Å². The monoisotopic (exact) mass is 538 g/mol. The van der Waals surface area contributed by atoms with Crippen molar-refractivity contribution in [1.29, 1.82) is 0 Å². The summed E-state index contributed by atoms with van der Waals surface area (Å²) in [4.78, 5) is 26.8. The molecule has 2 aliphatic heterocycles. The molecule has 2 heterocycles. The van der Waals surface area contributed by atoms with Crippen molar-refractivity contribution in [3.8, 4) is 11.5 Å². The summed E-state index contributed by atoms with van der Waals surface area (Å²) in [6, 6.07) is 9.01. The number of amides is 2. The van der Waals surface area contributed by atoms with E-state index in [4.69, 9.17) is 32.7 Å². The summed E-state index contributed by atoms with van der Waals surface area (Å²) in [5.74, 6) is -0.318. The van der Waals surface area contributed by atoms with E-state index in [1.807, 2.05) is 13.8 Å². The highest BCUT2D eigenvalue weighted by Gasteiger charge is 2.55. The molecular formula is C26H29Cl2FN2O5. The number of fused-ring (bicyclic) bond motifs is 1. The van der Waals surface area contributed by atoms with Gasteiger partial charge in [0.15, 0.2) is 12.7 Å². The summed E-state index contributed by atoms with van der Waals surface area (Å²) in [6.45, 7) is 4.98. The number of aliphatic hydroxyl groups is 1. The van der Waals surface area contributed by atoms with Gasteiger partial charge in [0, 0.05) is 47.6 Å². The molecule has 2 aromatic rings. The highest BCUT2D eigenvalue weighted by molar-refractivity contribution is 6.31. The van der Waals surface area contributed by atoms with E-state index < -0.39 is 18.0 Å². The van der Waals surface area contributed by atoms with Crippen LogP contribution in [0.1, 0.15) is 44.8 Å². The fourth-order valence-electron chi connectivity index (χ4n) is 5.02. The Hall–Kier alpha value is -2.55. The second-order valence-corrected chi connectivity index (χ2v) is 10.1. The Morgan fingerprint density at radius 2 is 1.92 bits per heavy atom. The Morgan fingerprint density at radius 3 is 2.61 bits per heavy atom. The van der Waals surface area contributed by atoms with Crippen molar-refractivity contribution in [3.05, 3.63) is 57.8 Å². The van der Waals surface area contributed by atoms with Crippen LogP contribution in [0.3, 0.4) is 0 Å². The van der Waals surface area contributed by atoms with Gasteiger partial charge < -0.3 is 24.8 Å². The van der Waals surface area contributed by atoms with Gasteiger partial charge in [-0.05, 0) is 43.2 Å². The zero-order chi connectivity index (χ0) is 26.0. The van der Waals surface area contributed by atoms with Crippen LogP contribution < -0.4 is 14.8 Å². The third kappa shape index (κ3) is 5.56. The molecule has 1 spiro atoms. The van der Waals surface area contributed by atoms with E-state index in [1.54, 1.807) is 23.1 Å². The van der Waals surface area contributed by atoms with E-state index in [1.165, 1.54) is 12.1 Å². The Bertz CT molecular complexity index is 1130. The van der Waals surface area contributed by atoms with E-state index in [-0.39, 0.29) is 47.1 Å². The van der Waals surface area contributed by atoms with Crippen LogP contribution in [0.5, 0.6) is 11.5 Å². The van der Waals surface area contributed by atoms with E-state index >= 15 is 0 Å². The quantitative estimate of drug-likeness (QED) is 0.583. The zero-order valence-corrected chi connectivity index (χ0v) is 21.6. The maximum atomic E-state index is 13.4. The Balaban J connectivity index is 0.00000148. The second kappa shape index (κ2) is 10.8. The molecule has 0 aromatic heterocycles. The number of rotatable bonds is 5. The molecule has 2 aromatic carbocycles. The van der Waals surface area contributed by atoms with Gasteiger partial charge in [-0.15, -0.1) is 0 Å². The lowest BCUT2D eigenvalue weighted by Crippen LogP contribution is -2.69. The minimum Gasteiger partial charge on any atom is -0.484 e. The fourth-order valence-corrected chi connectivity index (χ4v) is 5.32. The molecule has 2 N–H and O–H groups in total. The lowest BCUT2D eigenvalue weighted by molar-refractivity contribution is -0.162. The van der Waals surface area contributed by atoms with Crippen LogP contribution in [0.15, 0.2) is 36.4 Å². The summed E-state index contributed by atoms with van der Waals surface area (Å²) >= 11 is 11.6. The number of ether oxygens (including phenoxy) is 2. The third-order valence-electron chi connectivity index (χ3n) is 6.66. The van der Waals surface area contributed by atoms with Crippen molar-refractivity contribution < 1.29 is 28.6 Å². The summed E-state index contributed by atoms with van der Waals surface area (Å²) in [5, 5.41) is 13.8. The molecule has 2 unspecified atom stereocenters. The summed E-state index contributed by atoms with van der Waals surface area (Å²) < 4.78 is 24.6. The molecule has 0 bridgehead atoms. The summed E-state index contributed by atoms with van der Waals surface area (Å²) in [7, 11) is 0. The molecule has 7 nitrogen and oxygen atoms in total. The van der Waals surface area contributed by atoms with Gasteiger partial charge in [-0.25, -0.2) is 4.39 Å². The molecule has 1 saturated heterocycles. The number of hydrogen-bond acceptors (Lipinski definition) is 5. The molecule has 1 saturated carbocycles. The van der Waals surface area contributed by atoms with Crippen LogP contribution in [-0.2, 0) is 9.59 Å². The molecule has 36 heavy (non-hydrogen) atoms. The SMILES string of the molecule is CC.O=C(COc1ccc(Cl)c(F)c1)NC1CC2(C1)CN(C(=O)C1CC(O)c3cc(Cl)ccc3O1)C2. The van der Waals surface area contributed by atoms with Gasteiger partial charge in [-0.1, -0.05) is 37.0 Å². The first-order valence-corrected chi connectivity index (χ1v) is 12.8. The van der Waals surface area contributed by atoms with Crippen molar-refractivity contribution in [3.63, 3.8) is 0 Å². The number of nitrogens with zero attached hydrogens (tertiary/aromatic N) is 1. The number of benzene rings is 2. The third-order valence-corrected chi connectivity index (χ3v) is 7.20. The number of aliphatic hydroxyl groups excluding tert-OH is 1. The number of nitrogens with one attached hydrogen (secondary N) is 1. The summed E-state index contributed by atoms with van der Waals surface area (Å²) in [5.41, 5.74) is 0.603. The molecule has 10 heteroatoms. The van der Waals surface area contributed by atoms with Crippen molar-refractivity contribution >= 4 is 35.0 Å². The minimum absolute atomic E-state index is 0.00644. The topological polar surface area (TPSA) is 88.1 Å². The van der Waals surface area contributed by atoms with E-state index in [2.05, 4.69) is 5.32 Å². The van der Waals surface area contributed by atoms with E-state index in [0.29, 0.717) is 29.4 Å². The molecule has 1 aliphatic carbocycles. The lowest BCUT2D eigenvalue weighted by Gasteiger charge is -2.59. The maximum absolute atomic E-state index is 13.4. The molecule has 2 atom stereocenters. The van der Waals surface area contributed by atoms with Crippen molar-refractivity contribution in [2.75, 3.05) is 19.7 Å². The maximum Gasteiger partial charge on any atom is 0.263 e. The molecule has 2 fully saturated rings. The minimum atomic E-state index is -0.804. The highest BCUT2D eigenvalue weighted by Crippen LogP contribution is 2.49. The van der Waals surface area contributed by atoms with Crippen LogP contribution in [0.4, 0.5) is 4.39 Å². The number of likely N-dealkylation sites (tertiary alicyclic amines) is 1. The average molecular weight is 539 g/mol. The average Bonchev–Trinajstić information content (AvgIpc) is 2.81. The van der Waals surface area contributed by atoms with Gasteiger partial charge in [0.05, 0.1) is 11.1 Å². The van der Waals surface area contributed by atoms with Crippen LogP contribution in [0.25, 0.3) is 0 Å². The van der Waals surface area contributed by atoms with Gasteiger partial charge >= 0.3 is 0 Å². The van der Waals surface area contributed by atoms with Gasteiger partial charge in [0.1, 0.15) is 17.3 Å². The molecular weight excluding hydrogens is 510 g/mol. The van der Waals surface area contributed by atoms with E-state index in [0.717, 1.165) is 18.9 Å². The first kappa shape index (κ1) is 26.5. The Kier molecular flexibility index (Phi) is 7.97. The van der Waals surface area contributed by atoms with Crippen LogP contribution in [0, 0.1) is 11.2 Å². The number of halogens is 3. The van der Waals surface area contributed by atoms with Gasteiger partial charge in [0.25, 0.3) is 11.8 Å². The van der Waals surface area contributed by atoms with E-state index in [9.17, 15) is 19.1 Å². The number of hydrogen-bond donors (Lipinski definition) is 2. The number of carbonyl (C=O) groups is 2. The number of carbonyl (C=O) groups excluding carboxylic acids is 2. The lowest BCUT2D eigenvalue weighted by atomic mass is 9.60.